The number of hydrogen-bond donors (Lipinski definition) is 2. The van der Waals surface area contributed by atoms with E-state index < -0.39 is 38.1 Å². The van der Waals surface area contributed by atoms with Gasteiger partial charge >= 0.3 is 0 Å². The molecule has 0 aliphatic carbocycles. The van der Waals surface area contributed by atoms with E-state index in [1.54, 1.807) is 13.0 Å². The van der Waals surface area contributed by atoms with Crippen LogP contribution in [0.3, 0.4) is 0 Å². The van der Waals surface area contributed by atoms with Crippen LogP contribution >= 0.6 is 11.6 Å². The zero-order chi connectivity index (χ0) is 36.6. The second kappa shape index (κ2) is 17.2. The predicted octanol–water partition coefficient (Wildman–Crippen LogP) is 5.27. The molecular formula is C35H46ClN3O9S2. The van der Waals surface area contributed by atoms with Crippen LogP contribution in [-0.4, -0.2) is 95.8 Å². The number of fused-ring (bicyclic) bond motifs is 1. The Morgan fingerprint density at radius 2 is 1.68 bits per heavy atom. The van der Waals surface area contributed by atoms with Crippen molar-refractivity contribution in [3.05, 3.63) is 77.3 Å². The van der Waals surface area contributed by atoms with Crippen LogP contribution in [0, 0.1) is 5.92 Å². The third-order valence-corrected chi connectivity index (χ3v) is 12.1. The van der Waals surface area contributed by atoms with Gasteiger partial charge in [0.15, 0.2) is 0 Å². The molecule has 15 heteroatoms. The number of carbonyl (C=O) groups excluding carboxylic acids is 1. The SMILES string of the molecule is COc1ccc(S(=O)(=O)Nc2ccc3c(c2)C(=O)N([C@@H](C)CO)C[C@H](C)[C@H](CN(C)S(=O)(=O)c2ccc(Cl)cc2)OCCCC[C@@H](C)O3)cc1. The van der Waals surface area contributed by atoms with Gasteiger partial charge in [-0.15, -0.1) is 0 Å². The first-order chi connectivity index (χ1) is 23.7. The number of aliphatic hydroxyl groups is 1. The highest BCUT2D eigenvalue weighted by atomic mass is 35.5. The van der Waals surface area contributed by atoms with E-state index >= 15 is 0 Å². The van der Waals surface area contributed by atoms with Gasteiger partial charge in [-0.25, -0.2) is 16.8 Å². The van der Waals surface area contributed by atoms with Gasteiger partial charge in [0.1, 0.15) is 11.5 Å². The molecule has 1 heterocycles. The minimum Gasteiger partial charge on any atom is -0.497 e. The van der Waals surface area contributed by atoms with Crippen molar-refractivity contribution in [1.29, 1.82) is 0 Å². The van der Waals surface area contributed by atoms with E-state index in [1.165, 1.54) is 84.0 Å². The molecule has 12 nitrogen and oxygen atoms in total. The number of anilines is 1. The molecule has 50 heavy (non-hydrogen) atoms. The number of benzene rings is 3. The van der Waals surface area contributed by atoms with Gasteiger partial charge in [0, 0.05) is 43.4 Å². The molecule has 1 aliphatic rings. The molecule has 0 unspecified atom stereocenters. The maximum absolute atomic E-state index is 14.4. The van der Waals surface area contributed by atoms with Crippen molar-refractivity contribution in [1.82, 2.24) is 9.21 Å². The lowest BCUT2D eigenvalue weighted by Gasteiger charge is -2.35. The summed E-state index contributed by atoms with van der Waals surface area (Å²) in [6.07, 6.45) is 1.18. The average molecular weight is 752 g/mol. The Morgan fingerprint density at radius 3 is 2.32 bits per heavy atom. The van der Waals surface area contributed by atoms with Crippen LogP contribution in [0.1, 0.15) is 50.4 Å². The molecule has 2 N–H and O–H groups in total. The molecule has 3 aromatic carbocycles. The Labute approximate surface area is 300 Å². The van der Waals surface area contributed by atoms with E-state index in [4.69, 9.17) is 25.8 Å². The number of nitrogens with one attached hydrogen (secondary N) is 1. The van der Waals surface area contributed by atoms with Gasteiger partial charge < -0.3 is 24.2 Å². The topological polar surface area (TPSA) is 152 Å². The van der Waals surface area contributed by atoms with Gasteiger partial charge in [0.25, 0.3) is 15.9 Å². The van der Waals surface area contributed by atoms with Crippen LogP contribution in [0.4, 0.5) is 5.69 Å². The van der Waals surface area contributed by atoms with E-state index in [9.17, 15) is 26.7 Å². The Bertz CT molecular complexity index is 1810. The lowest BCUT2D eigenvalue weighted by Crippen LogP contribution is -2.48. The van der Waals surface area contributed by atoms with Gasteiger partial charge in [-0.1, -0.05) is 18.5 Å². The molecule has 0 fully saturated rings. The van der Waals surface area contributed by atoms with Gasteiger partial charge in [0.2, 0.25) is 10.0 Å². The number of carbonyl (C=O) groups is 1. The second-order valence-corrected chi connectivity index (χ2v) is 16.7. The number of methoxy groups -OCH3 is 1. The van der Waals surface area contributed by atoms with E-state index in [0.717, 1.165) is 6.42 Å². The van der Waals surface area contributed by atoms with E-state index in [1.807, 2.05) is 13.8 Å². The number of rotatable bonds is 10. The molecule has 1 amide bonds. The minimum atomic E-state index is -4.03. The monoisotopic (exact) mass is 751 g/mol. The van der Waals surface area contributed by atoms with Gasteiger partial charge in [-0.2, -0.15) is 4.31 Å². The molecule has 3 aromatic rings. The lowest BCUT2D eigenvalue weighted by molar-refractivity contribution is -0.00833. The third-order valence-electron chi connectivity index (χ3n) is 8.63. The molecule has 0 saturated carbocycles. The van der Waals surface area contributed by atoms with Crippen LogP contribution < -0.4 is 14.2 Å². The number of hydrogen-bond acceptors (Lipinski definition) is 9. The second-order valence-electron chi connectivity index (χ2n) is 12.5. The smallest absolute Gasteiger partial charge is 0.261 e. The fraction of sp³-hybridized carbons (Fsp3) is 0.457. The molecule has 274 valence electrons. The van der Waals surface area contributed by atoms with Crippen molar-refractivity contribution in [2.45, 2.75) is 68.1 Å². The average Bonchev–Trinajstić information content (AvgIpc) is 3.09. The van der Waals surface area contributed by atoms with Crippen molar-refractivity contribution >= 4 is 43.2 Å². The number of aliphatic hydroxyl groups excluding tert-OH is 1. The lowest BCUT2D eigenvalue weighted by atomic mass is 10.0. The van der Waals surface area contributed by atoms with Crippen LogP contribution in [0.25, 0.3) is 0 Å². The Hall–Kier alpha value is -3.40. The molecule has 0 saturated heterocycles. The summed E-state index contributed by atoms with van der Waals surface area (Å²) in [5, 5.41) is 10.6. The molecule has 4 rings (SSSR count). The molecule has 0 bridgehead atoms. The molecule has 4 atom stereocenters. The summed E-state index contributed by atoms with van der Waals surface area (Å²) in [5.41, 5.74) is 0.251. The normalized spacial score (nSPS) is 20.4. The maximum Gasteiger partial charge on any atom is 0.261 e. The quantitative estimate of drug-likeness (QED) is 0.283. The van der Waals surface area contributed by atoms with Crippen LogP contribution in [0.15, 0.2) is 76.5 Å². The summed E-state index contributed by atoms with van der Waals surface area (Å²) in [7, 11) is -4.94. The number of likely N-dealkylation sites (N-methyl/N-ethyl adjacent to an activating group) is 1. The van der Waals surface area contributed by atoms with Crippen molar-refractivity contribution in [3.63, 3.8) is 0 Å². The molecule has 0 radical (unpaired) electrons. The predicted molar refractivity (Wildman–Crippen MR) is 192 cm³/mol. The zero-order valence-electron chi connectivity index (χ0n) is 28.9. The summed E-state index contributed by atoms with van der Waals surface area (Å²) in [4.78, 5) is 16.0. The largest absolute Gasteiger partial charge is 0.497 e. The van der Waals surface area contributed by atoms with Crippen molar-refractivity contribution in [2.75, 3.05) is 45.2 Å². The minimum absolute atomic E-state index is 0.00743. The van der Waals surface area contributed by atoms with Crippen LogP contribution in [-0.2, 0) is 24.8 Å². The third kappa shape index (κ3) is 9.89. The number of sulfonamides is 2. The first-order valence-corrected chi connectivity index (χ1v) is 19.7. The number of amides is 1. The molecule has 0 aromatic heterocycles. The highest BCUT2D eigenvalue weighted by Crippen LogP contribution is 2.30. The zero-order valence-corrected chi connectivity index (χ0v) is 31.3. The number of ether oxygens (including phenoxy) is 3. The first kappa shape index (κ1) is 39.4. The Kier molecular flexibility index (Phi) is 13.6. The fourth-order valence-electron chi connectivity index (χ4n) is 5.56. The van der Waals surface area contributed by atoms with E-state index in [0.29, 0.717) is 30.2 Å². The summed E-state index contributed by atoms with van der Waals surface area (Å²) < 4.78 is 74.9. The standard InChI is InChI=1S/C35H46ClN3O9S2/c1-24-21-39(25(2)23-40)35(41)32-20-28(37-49(42,43)30-16-12-29(46-5)13-17-30)11-18-33(32)48-26(3)8-6-7-19-47-34(24)22-38(4)50(44,45)31-14-9-27(36)10-15-31/h9-18,20,24-26,34,37,40H,6-8,19,21-23H2,1-5H3/t24-,25-,26+,34-/m0/s1. The Morgan fingerprint density at radius 1 is 1.02 bits per heavy atom. The van der Waals surface area contributed by atoms with Crippen LogP contribution in [0.2, 0.25) is 5.02 Å². The van der Waals surface area contributed by atoms with Gasteiger partial charge in [-0.3, -0.25) is 9.52 Å². The number of halogens is 1. The molecular weight excluding hydrogens is 706 g/mol. The molecule has 1 aliphatic heterocycles. The van der Waals surface area contributed by atoms with E-state index in [-0.39, 0.29) is 58.5 Å². The highest BCUT2D eigenvalue weighted by Gasteiger charge is 2.32. The summed E-state index contributed by atoms with van der Waals surface area (Å²) in [6, 6.07) is 15.7. The fourth-order valence-corrected chi connectivity index (χ4v) is 7.91. The summed E-state index contributed by atoms with van der Waals surface area (Å²) >= 11 is 5.98. The Balaban J connectivity index is 1.67. The van der Waals surface area contributed by atoms with Crippen molar-refractivity contribution in [3.8, 4) is 11.5 Å². The van der Waals surface area contributed by atoms with Gasteiger partial charge in [-0.05, 0) is 99.8 Å². The van der Waals surface area contributed by atoms with Crippen molar-refractivity contribution < 1.29 is 40.9 Å². The first-order valence-electron chi connectivity index (χ1n) is 16.4. The highest BCUT2D eigenvalue weighted by molar-refractivity contribution is 7.92. The van der Waals surface area contributed by atoms with Crippen molar-refractivity contribution in [2.24, 2.45) is 5.92 Å². The number of nitrogens with zero attached hydrogens (tertiary/aromatic N) is 2. The van der Waals surface area contributed by atoms with Crippen LogP contribution in [0.5, 0.6) is 11.5 Å². The summed E-state index contributed by atoms with van der Waals surface area (Å²) in [6.45, 7) is 5.56. The molecule has 0 spiro atoms. The van der Waals surface area contributed by atoms with E-state index in [2.05, 4.69) is 4.72 Å². The summed E-state index contributed by atoms with van der Waals surface area (Å²) in [5.74, 6) is -0.110. The van der Waals surface area contributed by atoms with Gasteiger partial charge in [0.05, 0.1) is 47.3 Å². The maximum atomic E-state index is 14.4.